The number of rotatable bonds is 3. The lowest BCUT2D eigenvalue weighted by atomic mass is 9.88. The van der Waals surface area contributed by atoms with Gasteiger partial charge in [-0.1, -0.05) is 18.2 Å². The number of benzene rings is 2. The number of aryl methyl sites for hydroxylation is 2. The maximum absolute atomic E-state index is 12.2. The maximum atomic E-state index is 12.2. The molecule has 0 saturated carbocycles. The molecule has 1 aliphatic carbocycles. The summed E-state index contributed by atoms with van der Waals surface area (Å²) in [5.74, 6) is -0.00216. The van der Waals surface area contributed by atoms with E-state index in [0.29, 0.717) is 43.5 Å². The number of carbonyl (C=O) groups excluding carboxylic acids is 1. The summed E-state index contributed by atoms with van der Waals surface area (Å²) in [5, 5.41) is 10.2. The van der Waals surface area contributed by atoms with E-state index in [1.807, 2.05) is 0 Å². The summed E-state index contributed by atoms with van der Waals surface area (Å²) in [7, 11) is -4.49. The van der Waals surface area contributed by atoms with Crippen molar-refractivity contribution in [2.75, 3.05) is 0 Å². The zero-order valence-corrected chi connectivity index (χ0v) is 18.4. The molecule has 0 saturated heterocycles. The molecule has 0 radical (unpaired) electrons. The second-order valence-electron chi connectivity index (χ2n) is 6.91. The molecule has 0 atom stereocenters. The van der Waals surface area contributed by atoms with E-state index in [2.05, 4.69) is 15.9 Å². The van der Waals surface area contributed by atoms with Gasteiger partial charge in [0.25, 0.3) is 10.1 Å². The molecule has 0 spiro atoms. The summed E-state index contributed by atoms with van der Waals surface area (Å²) in [5.41, 5.74) is 3.81. The number of hydrogen-bond acceptors (Lipinski definition) is 4. The van der Waals surface area contributed by atoms with Crippen molar-refractivity contribution in [3.63, 3.8) is 0 Å². The maximum Gasteiger partial charge on any atom is 0.295 e. The molecule has 0 amide bonds. The topological polar surface area (TPSA) is 91.7 Å². The van der Waals surface area contributed by atoms with Crippen molar-refractivity contribution in [2.24, 2.45) is 0 Å². The molecule has 0 unspecified atom stereocenters. The SMILES string of the molecule is CC1=C/C(=C(\c2cc(C)c(O)c(C)c2)c2ccccc2S(=O)(=O)O)C=C(Br)C1=O. The predicted molar refractivity (Wildman–Crippen MR) is 116 cm³/mol. The van der Waals surface area contributed by atoms with Gasteiger partial charge in [-0.3, -0.25) is 9.35 Å². The van der Waals surface area contributed by atoms with Crippen molar-refractivity contribution < 1.29 is 22.9 Å². The average Bonchev–Trinajstić information content (AvgIpc) is 2.64. The molecular weight excluding hydrogens is 456 g/mol. The lowest BCUT2D eigenvalue weighted by molar-refractivity contribution is -0.111. The van der Waals surface area contributed by atoms with E-state index in [1.165, 1.54) is 12.1 Å². The summed E-state index contributed by atoms with van der Waals surface area (Å²) in [4.78, 5) is 11.9. The summed E-state index contributed by atoms with van der Waals surface area (Å²) in [6.45, 7) is 5.18. The Hall–Kier alpha value is -2.48. The van der Waals surface area contributed by atoms with Crippen molar-refractivity contribution >= 4 is 37.4 Å². The van der Waals surface area contributed by atoms with E-state index in [1.54, 1.807) is 57.2 Å². The Labute approximate surface area is 178 Å². The number of hydrogen-bond donors (Lipinski definition) is 2. The molecule has 0 bridgehead atoms. The van der Waals surface area contributed by atoms with Crippen molar-refractivity contribution in [1.82, 2.24) is 0 Å². The number of allylic oxidation sites excluding steroid dienone is 5. The van der Waals surface area contributed by atoms with Gasteiger partial charge in [0.15, 0.2) is 5.78 Å². The highest BCUT2D eigenvalue weighted by Crippen LogP contribution is 2.38. The zero-order chi connectivity index (χ0) is 21.5. The standard InChI is InChI=1S/C22H19BrO5S/c1-12-8-15(9-13(2)21(12)24)20(16-10-14(3)22(25)18(23)11-16)17-6-4-5-7-19(17)29(26,27)28/h4-11,24H,1-3H3,(H,26,27,28)/b20-16-. The number of aromatic hydroxyl groups is 1. The minimum absolute atomic E-state index is 0.156. The minimum Gasteiger partial charge on any atom is -0.507 e. The van der Waals surface area contributed by atoms with E-state index in [4.69, 9.17) is 0 Å². The highest BCUT2D eigenvalue weighted by Gasteiger charge is 2.24. The molecule has 3 rings (SSSR count). The van der Waals surface area contributed by atoms with Crippen LogP contribution in [-0.4, -0.2) is 23.9 Å². The van der Waals surface area contributed by atoms with Crippen LogP contribution in [0.25, 0.3) is 5.57 Å². The minimum atomic E-state index is -4.49. The Morgan fingerprint density at radius 3 is 2.14 bits per heavy atom. The fourth-order valence-electron chi connectivity index (χ4n) is 3.35. The molecule has 2 aromatic carbocycles. The molecule has 5 nitrogen and oxygen atoms in total. The van der Waals surface area contributed by atoms with E-state index in [-0.39, 0.29) is 16.4 Å². The first-order chi connectivity index (χ1) is 13.5. The van der Waals surface area contributed by atoms with Gasteiger partial charge in [-0.15, -0.1) is 0 Å². The average molecular weight is 475 g/mol. The number of carbonyl (C=O) groups is 1. The first-order valence-electron chi connectivity index (χ1n) is 8.72. The van der Waals surface area contributed by atoms with Crippen LogP contribution in [0.15, 0.2) is 69.1 Å². The van der Waals surface area contributed by atoms with Gasteiger partial charge in [-0.25, -0.2) is 0 Å². The third-order valence-corrected chi connectivity index (χ3v) is 6.23. The van der Waals surface area contributed by atoms with Crippen LogP contribution in [0.4, 0.5) is 0 Å². The molecule has 0 fully saturated rings. The van der Waals surface area contributed by atoms with E-state index in [9.17, 15) is 22.9 Å². The van der Waals surface area contributed by atoms with Crippen molar-refractivity contribution in [2.45, 2.75) is 25.7 Å². The van der Waals surface area contributed by atoms with Gasteiger partial charge in [-0.2, -0.15) is 8.42 Å². The predicted octanol–water partition coefficient (Wildman–Crippen LogP) is 4.87. The summed E-state index contributed by atoms with van der Waals surface area (Å²) < 4.78 is 34.2. The number of ketones is 1. The number of phenols is 1. The first-order valence-corrected chi connectivity index (χ1v) is 11.0. The van der Waals surface area contributed by atoms with Crippen molar-refractivity contribution in [3.05, 3.63) is 86.4 Å². The molecular formula is C22H19BrO5S. The second kappa shape index (κ2) is 7.74. The molecule has 2 aromatic rings. The Morgan fingerprint density at radius 1 is 1.00 bits per heavy atom. The molecule has 2 N–H and O–H groups in total. The summed E-state index contributed by atoms with van der Waals surface area (Å²) in [6.07, 6.45) is 3.31. The van der Waals surface area contributed by atoms with Crippen LogP contribution in [0, 0.1) is 13.8 Å². The quantitative estimate of drug-likeness (QED) is 0.619. The summed E-state index contributed by atoms with van der Waals surface area (Å²) >= 11 is 3.28. The van der Waals surface area contributed by atoms with E-state index >= 15 is 0 Å². The molecule has 1 aliphatic rings. The van der Waals surface area contributed by atoms with Crippen LogP contribution >= 0.6 is 15.9 Å². The molecule has 0 aliphatic heterocycles. The number of Topliss-reactive ketones (excluding diaryl/α,β-unsaturated/α-hetero) is 1. The molecule has 7 heteroatoms. The third-order valence-electron chi connectivity index (χ3n) is 4.73. The van der Waals surface area contributed by atoms with Gasteiger partial charge in [0.05, 0.1) is 4.48 Å². The Kier molecular flexibility index (Phi) is 5.67. The molecule has 0 heterocycles. The molecule has 150 valence electrons. The van der Waals surface area contributed by atoms with Gasteiger partial charge >= 0.3 is 0 Å². The second-order valence-corrected chi connectivity index (χ2v) is 9.15. The number of phenolic OH excluding ortho intramolecular Hbond substituents is 1. The fourth-order valence-corrected chi connectivity index (χ4v) is 4.61. The highest BCUT2D eigenvalue weighted by atomic mass is 79.9. The van der Waals surface area contributed by atoms with Crippen LogP contribution in [0.3, 0.4) is 0 Å². The van der Waals surface area contributed by atoms with Gasteiger partial charge in [0.2, 0.25) is 0 Å². The zero-order valence-electron chi connectivity index (χ0n) is 16.0. The van der Waals surface area contributed by atoms with Crippen LogP contribution in [-0.2, 0) is 14.9 Å². The van der Waals surface area contributed by atoms with Crippen LogP contribution in [0.1, 0.15) is 29.2 Å². The van der Waals surface area contributed by atoms with E-state index < -0.39 is 10.1 Å². The molecule has 29 heavy (non-hydrogen) atoms. The Balaban J connectivity index is 2.47. The van der Waals surface area contributed by atoms with Crippen LogP contribution < -0.4 is 0 Å². The van der Waals surface area contributed by atoms with Crippen molar-refractivity contribution in [3.8, 4) is 5.75 Å². The third kappa shape index (κ3) is 4.12. The van der Waals surface area contributed by atoms with Gasteiger partial charge in [0, 0.05) is 5.56 Å². The van der Waals surface area contributed by atoms with Gasteiger partial charge in [0.1, 0.15) is 10.6 Å². The van der Waals surface area contributed by atoms with E-state index in [0.717, 1.165) is 0 Å². The summed E-state index contributed by atoms with van der Waals surface area (Å²) in [6, 6.07) is 9.62. The van der Waals surface area contributed by atoms with Gasteiger partial charge < -0.3 is 5.11 Å². The Bertz CT molecular complexity index is 1190. The van der Waals surface area contributed by atoms with Crippen LogP contribution in [0.2, 0.25) is 0 Å². The lowest BCUT2D eigenvalue weighted by Crippen LogP contribution is -2.08. The van der Waals surface area contributed by atoms with Crippen molar-refractivity contribution in [1.29, 1.82) is 0 Å². The number of halogens is 1. The van der Waals surface area contributed by atoms with Gasteiger partial charge in [-0.05, 0) is 100 Å². The normalized spacial score (nSPS) is 16.4. The lowest BCUT2D eigenvalue weighted by Gasteiger charge is -2.19. The highest BCUT2D eigenvalue weighted by molar-refractivity contribution is 9.12. The fraction of sp³-hybridized carbons (Fsp3) is 0.136. The first kappa shape index (κ1) is 21.2. The largest absolute Gasteiger partial charge is 0.507 e. The monoisotopic (exact) mass is 474 g/mol. The molecule has 0 aromatic heterocycles. The Morgan fingerprint density at radius 2 is 1.59 bits per heavy atom. The van der Waals surface area contributed by atoms with Crippen LogP contribution in [0.5, 0.6) is 5.75 Å². The smallest absolute Gasteiger partial charge is 0.295 e.